The summed E-state index contributed by atoms with van der Waals surface area (Å²) in [4.78, 5) is 0. The van der Waals surface area contributed by atoms with E-state index in [4.69, 9.17) is 4.74 Å². The van der Waals surface area contributed by atoms with Crippen molar-refractivity contribution in [2.45, 2.75) is 13.0 Å². The van der Waals surface area contributed by atoms with E-state index in [1.807, 2.05) is 12.1 Å². The second-order valence-electron chi connectivity index (χ2n) is 4.36. The van der Waals surface area contributed by atoms with Crippen LogP contribution in [0.3, 0.4) is 0 Å². The van der Waals surface area contributed by atoms with Crippen molar-refractivity contribution in [2.75, 3.05) is 31.5 Å². The normalized spacial score (nSPS) is 15.0. The van der Waals surface area contributed by atoms with Gasteiger partial charge in [-0.2, -0.15) is 13.1 Å². The summed E-state index contributed by atoms with van der Waals surface area (Å²) in [5.41, 5.74) is 2.87. The zero-order valence-corrected chi connectivity index (χ0v) is 11.7. The molecular formula is C12H19N3O3S. The summed E-state index contributed by atoms with van der Waals surface area (Å²) in [6.07, 6.45) is 0.825. The molecule has 0 amide bonds. The summed E-state index contributed by atoms with van der Waals surface area (Å²) < 4.78 is 33.6. The van der Waals surface area contributed by atoms with Crippen molar-refractivity contribution in [1.82, 2.24) is 10.0 Å². The number of methoxy groups -OCH3 is 1. The molecule has 0 saturated heterocycles. The molecule has 0 saturated carbocycles. The minimum Gasteiger partial charge on any atom is -0.383 e. The minimum atomic E-state index is -3.54. The van der Waals surface area contributed by atoms with Crippen LogP contribution in [0.2, 0.25) is 0 Å². The van der Waals surface area contributed by atoms with Crippen LogP contribution in [0.1, 0.15) is 11.1 Å². The van der Waals surface area contributed by atoms with E-state index < -0.39 is 10.2 Å². The van der Waals surface area contributed by atoms with E-state index in [1.54, 1.807) is 6.07 Å². The zero-order valence-electron chi connectivity index (χ0n) is 10.9. The van der Waals surface area contributed by atoms with Crippen LogP contribution < -0.4 is 14.8 Å². The highest BCUT2D eigenvalue weighted by Crippen LogP contribution is 2.23. The van der Waals surface area contributed by atoms with Crippen molar-refractivity contribution >= 4 is 15.9 Å². The largest absolute Gasteiger partial charge is 0.383 e. The Hall–Kier alpha value is -1.15. The predicted molar refractivity (Wildman–Crippen MR) is 74.3 cm³/mol. The van der Waals surface area contributed by atoms with E-state index in [0.717, 1.165) is 30.6 Å². The molecule has 1 aromatic rings. The molecule has 0 radical (unpaired) electrons. The molecule has 6 nitrogen and oxygen atoms in total. The fraction of sp³-hybridized carbons (Fsp3) is 0.500. The molecule has 19 heavy (non-hydrogen) atoms. The van der Waals surface area contributed by atoms with Gasteiger partial charge in [-0.05, 0) is 30.2 Å². The van der Waals surface area contributed by atoms with Crippen LogP contribution in [0.4, 0.5) is 5.69 Å². The molecular weight excluding hydrogens is 266 g/mol. The third-order valence-electron chi connectivity index (χ3n) is 2.98. The van der Waals surface area contributed by atoms with Crippen LogP contribution in [-0.2, 0) is 27.9 Å². The van der Waals surface area contributed by atoms with Gasteiger partial charge in [0.1, 0.15) is 0 Å². The van der Waals surface area contributed by atoms with E-state index >= 15 is 0 Å². The summed E-state index contributed by atoms with van der Waals surface area (Å²) in [5, 5.41) is 3.26. The minimum absolute atomic E-state index is 0.252. The first kappa shape index (κ1) is 14.3. The van der Waals surface area contributed by atoms with Crippen molar-refractivity contribution in [3.8, 4) is 0 Å². The molecule has 0 fully saturated rings. The van der Waals surface area contributed by atoms with Gasteiger partial charge in [-0.3, -0.25) is 4.72 Å². The predicted octanol–water partition coefficient (Wildman–Crippen LogP) is 0.225. The topological polar surface area (TPSA) is 79.5 Å². The van der Waals surface area contributed by atoms with Gasteiger partial charge in [-0.25, -0.2) is 0 Å². The first-order valence-corrected chi connectivity index (χ1v) is 7.68. The van der Waals surface area contributed by atoms with E-state index in [-0.39, 0.29) is 6.54 Å². The van der Waals surface area contributed by atoms with Gasteiger partial charge in [-0.15, -0.1) is 0 Å². The lowest BCUT2D eigenvalue weighted by molar-refractivity contribution is 0.204. The summed E-state index contributed by atoms with van der Waals surface area (Å²) >= 11 is 0. The maximum absolute atomic E-state index is 11.9. The lowest BCUT2D eigenvalue weighted by atomic mass is 9.99. The first-order chi connectivity index (χ1) is 9.12. The number of fused-ring (bicyclic) bond motifs is 1. The Morgan fingerprint density at radius 3 is 3.05 bits per heavy atom. The van der Waals surface area contributed by atoms with E-state index in [9.17, 15) is 8.42 Å². The maximum atomic E-state index is 11.9. The SMILES string of the molecule is COCCNS(=O)(=O)Nc1cccc2c1CCNC2. The van der Waals surface area contributed by atoms with E-state index in [1.165, 1.54) is 7.11 Å². The molecule has 0 unspecified atom stereocenters. The number of ether oxygens (including phenoxy) is 1. The highest BCUT2D eigenvalue weighted by Gasteiger charge is 2.16. The van der Waals surface area contributed by atoms with Crippen molar-refractivity contribution in [3.05, 3.63) is 29.3 Å². The number of nitrogens with one attached hydrogen (secondary N) is 3. The smallest absolute Gasteiger partial charge is 0.299 e. The Labute approximate surface area is 113 Å². The molecule has 0 aromatic heterocycles. The molecule has 3 N–H and O–H groups in total. The molecule has 106 valence electrons. The lowest BCUT2D eigenvalue weighted by Gasteiger charge is -2.21. The average Bonchev–Trinajstić information content (AvgIpc) is 2.39. The van der Waals surface area contributed by atoms with Crippen LogP contribution >= 0.6 is 0 Å². The Balaban J connectivity index is 2.10. The number of hydrogen-bond donors (Lipinski definition) is 3. The third-order valence-corrected chi connectivity index (χ3v) is 4.06. The second-order valence-corrected chi connectivity index (χ2v) is 5.86. The van der Waals surface area contributed by atoms with Gasteiger partial charge in [0.2, 0.25) is 0 Å². The van der Waals surface area contributed by atoms with Crippen molar-refractivity contribution < 1.29 is 13.2 Å². The lowest BCUT2D eigenvalue weighted by Crippen LogP contribution is -2.33. The number of benzene rings is 1. The van der Waals surface area contributed by atoms with Crippen LogP contribution in [0.25, 0.3) is 0 Å². The molecule has 0 aliphatic carbocycles. The van der Waals surface area contributed by atoms with Gasteiger partial charge in [0.15, 0.2) is 0 Å². The number of hydrogen-bond acceptors (Lipinski definition) is 4. The van der Waals surface area contributed by atoms with E-state index in [0.29, 0.717) is 12.3 Å². The molecule has 1 aromatic carbocycles. The fourth-order valence-electron chi connectivity index (χ4n) is 2.09. The van der Waals surface area contributed by atoms with Crippen LogP contribution in [0, 0.1) is 0 Å². The molecule has 1 aliphatic rings. The zero-order chi connectivity index (χ0) is 13.7. The van der Waals surface area contributed by atoms with Crippen molar-refractivity contribution in [1.29, 1.82) is 0 Å². The molecule has 2 rings (SSSR count). The summed E-state index contributed by atoms with van der Waals surface area (Å²) in [6, 6.07) is 5.66. The first-order valence-electron chi connectivity index (χ1n) is 6.20. The maximum Gasteiger partial charge on any atom is 0.299 e. The summed E-state index contributed by atoms with van der Waals surface area (Å²) in [5.74, 6) is 0. The van der Waals surface area contributed by atoms with Crippen molar-refractivity contribution in [2.24, 2.45) is 0 Å². The Morgan fingerprint density at radius 2 is 2.26 bits per heavy atom. The van der Waals surface area contributed by atoms with Crippen LogP contribution in [-0.4, -0.2) is 35.2 Å². The Bertz CT molecular complexity index is 531. The molecule has 1 heterocycles. The molecule has 0 spiro atoms. The Morgan fingerprint density at radius 1 is 1.42 bits per heavy atom. The summed E-state index contributed by atoms with van der Waals surface area (Å²) in [7, 11) is -2.01. The highest BCUT2D eigenvalue weighted by molar-refractivity contribution is 7.90. The highest BCUT2D eigenvalue weighted by atomic mass is 32.2. The van der Waals surface area contributed by atoms with Crippen molar-refractivity contribution in [3.63, 3.8) is 0 Å². The van der Waals surface area contributed by atoms with Gasteiger partial charge in [-0.1, -0.05) is 12.1 Å². The van der Waals surface area contributed by atoms with Gasteiger partial charge >= 0.3 is 0 Å². The molecule has 7 heteroatoms. The fourth-order valence-corrected chi connectivity index (χ4v) is 2.99. The monoisotopic (exact) mass is 285 g/mol. The third kappa shape index (κ3) is 3.90. The van der Waals surface area contributed by atoms with Gasteiger partial charge < -0.3 is 10.1 Å². The molecule has 0 atom stereocenters. The molecule has 0 bridgehead atoms. The quantitative estimate of drug-likeness (QED) is 0.654. The number of anilines is 1. The molecule has 1 aliphatic heterocycles. The van der Waals surface area contributed by atoms with Gasteiger partial charge in [0.25, 0.3) is 10.2 Å². The standard InChI is InChI=1S/C12H19N3O3S/c1-18-8-7-14-19(16,17)15-12-4-2-3-10-9-13-6-5-11(10)12/h2-4,13-15H,5-9H2,1H3. The van der Waals surface area contributed by atoms with Gasteiger partial charge in [0.05, 0.1) is 12.3 Å². The van der Waals surface area contributed by atoms with Crippen LogP contribution in [0.5, 0.6) is 0 Å². The summed E-state index contributed by atoms with van der Waals surface area (Å²) in [6.45, 7) is 2.24. The van der Waals surface area contributed by atoms with E-state index in [2.05, 4.69) is 14.8 Å². The van der Waals surface area contributed by atoms with Crippen LogP contribution in [0.15, 0.2) is 18.2 Å². The Kier molecular flexibility index (Phi) is 4.76. The number of rotatable bonds is 6. The average molecular weight is 285 g/mol. The second kappa shape index (κ2) is 6.33. The van der Waals surface area contributed by atoms with Gasteiger partial charge in [0, 0.05) is 20.2 Å².